The standard InChI is InChI=1S/C13H20N4O2/c1-9-8-15-13(6-12(9)17(18)19)16-11(7-14)10-4-2-3-5-10/h6,8,10-11H,2-5,7,14H2,1H3,(H,15,16). The molecule has 1 aliphatic carbocycles. The summed E-state index contributed by atoms with van der Waals surface area (Å²) in [6.45, 7) is 2.21. The summed E-state index contributed by atoms with van der Waals surface area (Å²) in [5.41, 5.74) is 6.47. The highest BCUT2D eigenvalue weighted by molar-refractivity contribution is 5.49. The molecule has 6 nitrogen and oxygen atoms in total. The fraction of sp³-hybridized carbons (Fsp3) is 0.615. The van der Waals surface area contributed by atoms with Crippen LogP contribution in [0.15, 0.2) is 12.3 Å². The minimum absolute atomic E-state index is 0.0969. The predicted octanol–water partition coefficient (Wildman–Crippen LogP) is 2.23. The Bertz CT molecular complexity index is 458. The van der Waals surface area contributed by atoms with E-state index in [2.05, 4.69) is 10.3 Å². The van der Waals surface area contributed by atoms with Gasteiger partial charge in [-0.1, -0.05) is 12.8 Å². The smallest absolute Gasteiger partial charge is 0.277 e. The number of nitro groups is 1. The lowest BCUT2D eigenvalue weighted by Gasteiger charge is -2.23. The van der Waals surface area contributed by atoms with Crippen molar-refractivity contribution in [2.75, 3.05) is 11.9 Å². The fourth-order valence-electron chi connectivity index (χ4n) is 2.71. The van der Waals surface area contributed by atoms with Gasteiger partial charge in [0.1, 0.15) is 5.82 Å². The lowest BCUT2D eigenvalue weighted by atomic mass is 9.98. The van der Waals surface area contributed by atoms with Crippen LogP contribution in [0.2, 0.25) is 0 Å². The van der Waals surface area contributed by atoms with Crippen molar-refractivity contribution in [1.29, 1.82) is 0 Å². The maximum Gasteiger partial charge on any atom is 0.277 e. The molecule has 0 amide bonds. The highest BCUT2D eigenvalue weighted by atomic mass is 16.6. The summed E-state index contributed by atoms with van der Waals surface area (Å²) in [4.78, 5) is 14.7. The second-order valence-electron chi connectivity index (χ2n) is 5.14. The van der Waals surface area contributed by atoms with Gasteiger partial charge in [0.25, 0.3) is 5.69 Å². The second-order valence-corrected chi connectivity index (χ2v) is 5.14. The van der Waals surface area contributed by atoms with Crippen LogP contribution in [0.3, 0.4) is 0 Å². The average Bonchev–Trinajstić information content (AvgIpc) is 2.91. The number of pyridine rings is 1. The van der Waals surface area contributed by atoms with E-state index in [0.717, 1.165) is 0 Å². The number of hydrogen-bond donors (Lipinski definition) is 2. The topological polar surface area (TPSA) is 94.1 Å². The van der Waals surface area contributed by atoms with Crippen molar-refractivity contribution in [3.8, 4) is 0 Å². The van der Waals surface area contributed by atoms with Gasteiger partial charge in [0.2, 0.25) is 0 Å². The molecule has 1 heterocycles. The Balaban J connectivity index is 2.12. The zero-order valence-electron chi connectivity index (χ0n) is 11.1. The number of anilines is 1. The molecule has 0 spiro atoms. The van der Waals surface area contributed by atoms with Gasteiger partial charge in [0.05, 0.1) is 11.0 Å². The predicted molar refractivity (Wildman–Crippen MR) is 74.1 cm³/mol. The Labute approximate surface area is 112 Å². The van der Waals surface area contributed by atoms with Gasteiger partial charge in [-0.25, -0.2) is 4.98 Å². The molecular weight excluding hydrogens is 244 g/mol. The van der Waals surface area contributed by atoms with Crippen LogP contribution in [-0.4, -0.2) is 22.5 Å². The van der Waals surface area contributed by atoms with E-state index in [1.165, 1.54) is 37.9 Å². The van der Waals surface area contributed by atoms with Crippen LogP contribution in [0.4, 0.5) is 11.5 Å². The summed E-state index contributed by atoms with van der Waals surface area (Å²) >= 11 is 0. The van der Waals surface area contributed by atoms with Crippen LogP contribution in [0.25, 0.3) is 0 Å². The van der Waals surface area contributed by atoms with Crippen LogP contribution in [0.1, 0.15) is 31.2 Å². The number of aryl methyl sites for hydroxylation is 1. The molecule has 1 aromatic rings. The SMILES string of the molecule is Cc1cnc(NC(CN)C2CCCC2)cc1[N+](=O)[O-]. The number of aromatic nitrogens is 1. The van der Waals surface area contributed by atoms with Gasteiger partial charge in [-0.2, -0.15) is 0 Å². The molecule has 0 aliphatic heterocycles. The van der Waals surface area contributed by atoms with Crippen molar-refractivity contribution in [3.63, 3.8) is 0 Å². The molecule has 3 N–H and O–H groups in total. The molecule has 0 radical (unpaired) electrons. The van der Waals surface area contributed by atoms with E-state index in [9.17, 15) is 10.1 Å². The highest BCUT2D eigenvalue weighted by Gasteiger charge is 2.24. The first-order chi connectivity index (χ1) is 9.11. The molecule has 1 unspecified atom stereocenters. The fourth-order valence-corrected chi connectivity index (χ4v) is 2.71. The van der Waals surface area contributed by atoms with Gasteiger partial charge in [-0.3, -0.25) is 10.1 Å². The van der Waals surface area contributed by atoms with Crippen molar-refractivity contribution in [2.45, 2.75) is 38.6 Å². The van der Waals surface area contributed by atoms with Crippen molar-refractivity contribution in [3.05, 3.63) is 27.9 Å². The van der Waals surface area contributed by atoms with Gasteiger partial charge < -0.3 is 11.1 Å². The third-order valence-electron chi connectivity index (χ3n) is 3.83. The maximum absolute atomic E-state index is 10.9. The largest absolute Gasteiger partial charge is 0.366 e. The van der Waals surface area contributed by atoms with Crippen LogP contribution in [0, 0.1) is 23.0 Å². The van der Waals surface area contributed by atoms with E-state index in [1.54, 1.807) is 6.92 Å². The van der Waals surface area contributed by atoms with Crippen molar-refractivity contribution in [2.24, 2.45) is 11.7 Å². The highest BCUT2D eigenvalue weighted by Crippen LogP contribution is 2.29. The summed E-state index contributed by atoms with van der Waals surface area (Å²) in [5, 5.41) is 14.2. The second kappa shape index (κ2) is 5.97. The summed E-state index contributed by atoms with van der Waals surface area (Å²) in [7, 11) is 0. The molecule has 1 aliphatic rings. The van der Waals surface area contributed by atoms with Crippen LogP contribution in [-0.2, 0) is 0 Å². The third-order valence-corrected chi connectivity index (χ3v) is 3.83. The molecule has 19 heavy (non-hydrogen) atoms. The molecule has 1 saturated carbocycles. The van der Waals surface area contributed by atoms with E-state index in [-0.39, 0.29) is 16.7 Å². The minimum atomic E-state index is -0.380. The summed E-state index contributed by atoms with van der Waals surface area (Å²) < 4.78 is 0. The summed E-state index contributed by atoms with van der Waals surface area (Å²) in [6, 6.07) is 1.64. The minimum Gasteiger partial charge on any atom is -0.366 e. The molecule has 0 saturated heterocycles. The Morgan fingerprint density at radius 2 is 2.26 bits per heavy atom. The van der Waals surface area contributed by atoms with E-state index in [1.807, 2.05) is 0 Å². The zero-order chi connectivity index (χ0) is 13.8. The molecule has 0 aromatic carbocycles. The number of hydrogen-bond acceptors (Lipinski definition) is 5. The van der Waals surface area contributed by atoms with Crippen molar-refractivity contribution < 1.29 is 4.92 Å². The zero-order valence-corrected chi connectivity index (χ0v) is 11.1. The molecule has 1 aromatic heterocycles. The van der Waals surface area contributed by atoms with Gasteiger partial charge >= 0.3 is 0 Å². The first-order valence-corrected chi connectivity index (χ1v) is 6.69. The van der Waals surface area contributed by atoms with E-state index < -0.39 is 0 Å². The Morgan fingerprint density at radius 1 is 1.58 bits per heavy atom. The Morgan fingerprint density at radius 3 is 2.84 bits per heavy atom. The normalized spacial score (nSPS) is 17.4. The summed E-state index contributed by atoms with van der Waals surface area (Å²) in [5.74, 6) is 1.09. The lowest BCUT2D eigenvalue weighted by Crippen LogP contribution is -2.35. The number of nitrogens with one attached hydrogen (secondary N) is 1. The molecule has 6 heteroatoms. The lowest BCUT2D eigenvalue weighted by molar-refractivity contribution is -0.385. The molecule has 2 rings (SSSR count). The first-order valence-electron chi connectivity index (χ1n) is 6.69. The van der Waals surface area contributed by atoms with Gasteiger partial charge in [-0.05, 0) is 25.7 Å². The Kier molecular flexibility index (Phi) is 4.31. The van der Waals surface area contributed by atoms with Crippen molar-refractivity contribution in [1.82, 2.24) is 4.98 Å². The Hall–Kier alpha value is -1.69. The maximum atomic E-state index is 10.9. The van der Waals surface area contributed by atoms with E-state index in [4.69, 9.17) is 5.73 Å². The molecule has 0 bridgehead atoms. The van der Waals surface area contributed by atoms with Gasteiger partial charge in [0.15, 0.2) is 0 Å². The van der Waals surface area contributed by atoms with Crippen LogP contribution in [0.5, 0.6) is 0 Å². The monoisotopic (exact) mass is 264 g/mol. The average molecular weight is 264 g/mol. The molecular formula is C13H20N4O2. The molecule has 104 valence electrons. The van der Waals surface area contributed by atoms with Crippen LogP contribution >= 0.6 is 0 Å². The molecule has 1 fully saturated rings. The summed E-state index contributed by atoms with van der Waals surface area (Å²) in [6.07, 6.45) is 6.35. The molecule has 1 atom stereocenters. The van der Waals surface area contributed by atoms with Gasteiger partial charge in [0, 0.05) is 24.3 Å². The third kappa shape index (κ3) is 3.20. The first kappa shape index (κ1) is 13.7. The number of rotatable bonds is 5. The van der Waals surface area contributed by atoms with E-state index >= 15 is 0 Å². The number of nitrogens with two attached hydrogens (primary N) is 1. The number of nitrogens with zero attached hydrogens (tertiary/aromatic N) is 2. The van der Waals surface area contributed by atoms with Crippen molar-refractivity contribution >= 4 is 11.5 Å². The quantitative estimate of drug-likeness (QED) is 0.628. The van der Waals surface area contributed by atoms with Gasteiger partial charge in [-0.15, -0.1) is 0 Å². The van der Waals surface area contributed by atoms with Crippen LogP contribution < -0.4 is 11.1 Å². The van der Waals surface area contributed by atoms with E-state index in [0.29, 0.717) is 23.8 Å².